The molecule has 0 saturated carbocycles. The zero-order chi connectivity index (χ0) is 15.1. The molecule has 114 valence electrons. The molecule has 0 radical (unpaired) electrons. The second-order valence-electron chi connectivity index (χ2n) is 5.15. The molecule has 2 aliphatic rings. The Balaban J connectivity index is 2.01. The van der Waals surface area contributed by atoms with Crippen LogP contribution in [0.2, 0.25) is 0 Å². The number of thioether (sulfide) groups is 1. The number of carbonyl (C=O) groups is 1. The summed E-state index contributed by atoms with van der Waals surface area (Å²) in [6.45, 7) is 1.36. The van der Waals surface area contributed by atoms with Crippen molar-refractivity contribution in [3.05, 3.63) is 22.8 Å². The van der Waals surface area contributed by atoms with E-state index in [4.69, 9.17) is 4.74 Å². The molecule has 2 N–H and O–H groups in total. The minimum absolute atomic E-state index is 0.0458. The number of nitrogens with zero attached hydrogens (tertiary/aromatic N) is 1. The number of methoxy groups -OCH3 is 1. The van der Waals surface area contributed by atoms with E-state index < -0.39 is 0 Å². The highest BCUT2D eigenvalue weighted by atomic mass is 32.2. The largest absolute Gasteiger partial charge is 0.385 e. The van der Waals surface area contributed by atoms with Crippen molar-refractivity contribution in [2.24, 2.45) is 5.92 Å². The third kappa shape index (κ3) is 4.26. The fraction of sp³-hybridized carbons (Fsp3) is 0.600. The van der Waals surface area contributed by atoms with Crippen molar-refractivity contribution >= 4 is 17.7 Å². The van der Waals surface area contributed by atoms with Crippen molar-refractivity contribution in [1.29, 1.82) is 5.26 Å². The van der Waals surface area contributed by atoms with E-state index in [-0.39, 0.29) is 16.9 Å². The van der Waals surface area contributed by atoms with Crippen molar-refractivity contribution in [3.8, 4) is 6.07 Å². The van der Waals surface area contributed by atoms with Crippen LogP contribution in [0, 0.1) is 17.2 Å². The average molecular weight is 307 g/mol. The highest BCUT2D eigenvalue weighted by Gasteiger charge is 2.32. The highest BCUT2D eigenvalue weighted by Crippen LogP contribution is 2.35. The fourth-order valence-electron chi connectivity index (χ4n) is 2.48. The Hall–Kier alpha value is -1.45. The SMILES string of the molecule is COCCCNC1=C(C#N)C(=O)N[C@@H]([C@@H]2CC=CCC2)S1. The number of nitrogens with one attached hydrogen (secondary N) is 2. The van der Waals surface area contributed by atoms with Crippen LogP contribution >= 0.6 is 11.8 Å². The molecule has 21 heavy (non-hydrogen) atoms. The van der Waals surface area contributed by atoms with Gasteiger partial charge >= 0.3 is 0 Å². The summed E-state index contributed by atoms with van der Waals surface area (Å²) >= 11 is 1.57. The average Bonchev–Trinajstić information content (AvgIpc) is 2.52. The van der Waals surface area contributed by atoms with Crippen LogP contribution in [0.5, 0.6) is 0 Å². The van der Waals surface area contributed by atoms with Gasteiger partial charge in [0, 0.05) is 20.3 Å². The number of allylic oxidation sites excluding steroid dienone is 2. The van der Waals surface area contributed by atoms with Gasteiger partial charge < -0.3 is 15.4 Å². The maximum atomic E-state index is 12.1. The summed E-state index contributed by atoms with van der Waals surface area (Å²) in [4.78, 5) is 12.1. The van der Waals surface area contributed by atoms with E-state index >= 15 is 0 Å². The number of amides is 1. The van der Waals surface area contributed by atoms with Gasteiger partial charge in [-0.05, 0) is 31.6 Å². The zero-order valence-electron chi connectivity index (χ0n) is 12.2. The maximum absolute atomic E-state index is 12.1. The molecule has 1 aliphatic carbocycles. The van der Waals surface area contributed by atoms with Gasteiger partial charge in [-0.25, -0.2) is 0 Å². The molecule has 5 nitrogen and oxygen atoms in total. The first kappa shape index (κ1) is 15.9. The Morgan fingerprint density at radius 3 is 3.10 bits per heavy atom. The Morgan fingerprint density at radius 2 is 2.43 bits per heavy atom. The first-order chi connectivity index (χ1) is 10.3. The van der Waals surface area contributed by atoms with E-state index in [1.807, 2.05) is 6.07 Å². The van der Waals surface area contributed by atoms with Crippen LogP contribution in [-0.2, 0) is 9.53 Å². The molecule has 2 atom stereocenters. The summed E-state index contributed by atoms with van der Waals surface area (Å²) in [5, 5.41) is 16.1. The van der Waals surface area contributed by atoms with E-state index in [1.165, 1.54) is 0 Å². The van der Waals surface area contributed by atoms with E-state index in [2.05, 4.69) is 22.8 Å². The Bertz CT molecular complexity index is 482. The van der Waals surface area contributed by atoms with Gasteiger partial charge in [0.15, 0.2) is 0 Å². The van der Waals surface area contributed by atoms with Crippen LogP contribution in [0.4, 0.5) is 0 Å². The third-order valence-electron chi connectivity index (χ3n) is 3.63. The molecule has 0 spiro atoms. The van der Waals surface area contributed by atoms with Gasteiger partial charge in [-0.2, -0.15) is 5.26 Å². The summed E-state index contributed by atoms with van der Waals surface area (Å²) in [7, 11) is 1.66. The van der Waals surface area contributed by atoms with Crippen molar-refractivity contribution < 1.29 is 9.53 Å². The predicted molar refractivity (Wildman–Crippen MR) is 83.1 cm³/mol. The Kier molecular flexibility index (Phi) is 6.15. The van der Waals surface area contributed by atoms with E-state index in [0.717, 1.165) is 25.7 Å². The molecule has 2 rings (SSSR count). The van der Waals surface area contributed by atoms with Gasteiger partial charge in [-0.3, -0.25) is 4.79 Å². The number of ether oxygens (including phenoxy) is 1. The Labute approximate surface area is 129 Å². The number of hydrogen-bond donors (Lipinski definition) is 2. The summed E-state index contributed by atoms with van der Waals surface area (Å²) < 4.78 is 5.01. The van der Waals surface area contributed by atoms with Gasteiger partial charge in [0.25, 0.3) is 5.91 Å². The smallest absolute Gasteiger partial charge is 0.265 e. The van der Waals surface area contributed by atoms with Crippen LogP contribution in [-0.4, -0.2) is 31.5 Å². The van der Waals surface area contributed by atoms with Crippen molar-refractivity contribution in [2.45, 2.75) is 31.1 Å². The fourth-order valence-corrected chi connectivity index (χ4v) is 3.78. The molecule has 0 aromatic rings. The molecule has 1 heterocycles. The molecule has 0 aromatic carbocycles. The first-order valence-corrected chi connectivity index (χ1v) is 8.14. The molecule has 0 bridgehead atoms. The standard InChI is InChI=1S/C15H21N3O2S/c1-20-9-5-8-17-15-12(10-16)13(19)18-14(21-15)11-6-3-2-4-7-11/h2-3,11,14,17H,4-9H2,1H3,(H,18,19)/t11-,14-/m1/s1. The highest BCUT2D eigenvalue weighted by molar-refractivity contribution is 8.03. The van der Waals surface area contributed by atoms with Gasteiger partial charge in [0.05, 0.1) is 10.4 Å². The topological polar surface area (TPSA) is 74.1 Å². The lowest BCUT2D eigenvalue weighted by atomic mass is 9.94. The van der Waals surface area contributed by atoms with Gasteiger partial charge in [-0.1, -0.05) is 23.9 Å². The Morgan fingerprint density at radius 1 is 1.57 bits per heavy atom. The van der Waals surface area contributed by atoms with Crippen LogP contribution in [0.3, 0.4) is 0 Å². The summed E-state index contributed by atoms with van der Waals surface area (Å²) in [6.07, 6.45) is 8.33. The van der Waals surface area contributed by atoms with E-state index in [1.54, 1.807) is 18.9 Å². The first-order valence-electron chi connectivity index (χ1n) is 7.26. The summed E-state index contributed by atoms with van der Waals surface area (Å²) in [6, 6.07) is 2.01. The van der Waals surface area contributed by atoms with Crippen LogP contribution in [0.25, 0.3) is 0 Å². The van der Waals surface area contributed by atoms with Crippen molar-refractivity contribution in [3.63, 3.8) is 0 Å². The molecule has 0 aromatic heterocycles. The maximum Gasteiger partial charge on any atom is 0.265 e. The summed E-state index contributed by atoms with van der Waals surface area (Å²) in [5.74, 6) is 0.171. The van der Waals surface area contributed by atoms with Crippen molar-refractivity contribution in [1.82, 2.24) is 10.6 Å². The number of hydrogen-bond acceptors (Lipinski definition) is 5. The van der Waals surface area contributed by atoms with Gasteiger partial charge in [-0.15, -0.1) is 0 Å². The van der Waals surface area contributed by atoms with Gasteiger partial charge in [0.2, 0.25) is 0 Å². The summed E-state index contributed by atoms with van der Waals surface area (Å²) in [5.41, 5.74) is 0.194. The lowest BCUT2D eigenvalue weighted by molar-refractivity contribution is -0.117. The molecule has 1 aliphatic heterocycles. The lowest BCUT2D eigenvalue weighted by Crippen LogP contribution is -2.43. The molecule has 0 saturated heterocycles. The zero-order valence-corrected chi connectivity index (χ0v) is 13.0. The van der Waals surface area contributed by atoms with Crippen LogP contribution in [0.1, 0.15) is 25.7 Å². The molecular formula is C15H21N3O2S. The monoisotopic (exact) mass is 307 g/mol. The third-order valence-corrected chi connectivity index (χ3v) is 4.97. The minimum atomic E-state index is -0.259. The van der Waals surface area contributed by atoms with E-state index in [9.17, 15) is 10.1 Å². The van der Waals surface area contributed by atoms with Crippen molar-refractivity contribution in [2.75, 3.05) is 20.3 Å². The normalized spacial score (nSPS) is 25.4. The number of nitriles is 1. The number of rotatable bonds is 6. The van der Waals surface area contributed by atoms with Gasteiger partial charge in [0.1, 0.15) is 11.6 Å². The van der Waals surface area contributed by atoms with E-state index in [0.29, 0.717) is 24.1 Å². The van der Waals surface area contributed by atoms with Crippen LogP contribution in [0.15, 0.2) is 22.8 Å². The number of carbonyl (C=O) groups excluding carboxylic acids is 1. The second-order valence-corrected chi connectivity index (χ2v) is 6.30. The second kappa shape index (κ2) is 8.11. The lowest BCUT2D eigenvalue weighted by Gasteiger charge is -2.32. The van der Waals surface area contributed by atoms with Crippen LogP contribution < -0.4 is 10.6 Å². The molecule has 0 fully saturated rings. The molecule has 0 unspecified atom stereocenters. The quantitative estimate of drug-likeness (QED) is 0.579. The molecule has 1 amide bonds. The predicted octanol–water partition coefficient (Wildman–Crippen LogP) is 1.89. The molecule has 6 heteroatoms. The minimum Gasteiger partial charge on any atom is -0.385 e. The molecular weight excluding hydrogens is 286 g/mol.